The number of aliphatic hydroxyl groups is 1. The van der Waals surface area contributed by atoms with Crippen molar-refractivity contribution in [3.05, 3.63) is 29.3 Å². The van der Waals surface area contributed by atoms with Crippen LogP contribution in [0.3, 0.4) is 0 Å². The summed E-state index contributed by atoms with van der Waals surface area (Å²) >= 11 is 0. The predicted molar refractivity (Wildman–Crippen MR) is 58.7 cm³/mol. The molecular weight excluding hydrogens is 174 g/mol. The molecule has 0 amide bonds. The van der Waals surface area contributed by atoms with Gasteiger partial charge in [-0.2, -0.15) is 0 Å². The van der Waals surface area contributed by atoms with E-state index in [9.17, 15) is 5.11 Å². The topological polar surface area (TPSA) is 23.5 Å². The lowest BCUT2D eigenvalue weighted by Crippen LogP contribution is -2.16. The summed E-state index contributed by atoms with van der Waals surface area (Å²) in [5.41, 5.74) is 2.94. The maximum atomic E-state index is 9.87. The second-order valence-electron chi connectivity index (χ2n) is 4.57. The highest BCUT2D eigenvalue weighted by atomic mass is 16.3. The van der Waals surface area contributed by atoms with Gasteiger partial charge in [-0.3, -0.25) is 0 Å². The third kappa shape index (κ3) is 1.50. The summed E-state index contributed by atoms with van der Waals surface area (Å²) in [5, 5.41) is 9.87. The fourth-order valence-electron chi connectivity index (χ4n) is 1.95. The van der Waals surface area contributed by atoms with Gasteiger partial charge < -0.3 is 10.0 Å². The highest BCUT2D eigenvalue weighted by Crippen LogP contribution is 2.30. The summed E-state index contributed by atoms with van der Waals surface area (Å²) < 4.78 is 0. The van der Waals surface area contributed by atoms with Gasteiger partial charge in [0, 0.05) is 19.3 Å². The van der Waals surface area contributed by atoms with Gasteiger partial charge >= 0.3 is 0 Å². The van der Waals surface area contributed by atoms with E-state index in [1.807, 2.05) is 19.9 Å². The number of hydrogen-bond donors (Lipinski definition) is 1. The van der Waals surface area contributed by atoms with Gasteiger partial charge in [-0.15, -0.1) is 0 Å². The zero-order chi connectivity index (χ0) is 10.3. The number of rotatable bonds is 1. The summed E-state index contributed by atoms with van der Waals surface area (Å²) in [6.45, 7) is 4.74. The number of likely N-dealkylation sites (N-methyl/N-ethyl adjacent to an activating group) is 1. The van der Waals surface area contributed by atoms with Crippen LogP contribution < -0.4 is 4.90 Å². The molecule has 2 nitrogen and oxygen atoms in total. The third-order valence-electron chi connectivity index (χ3n) is 2.91. The van der Waals surface area contributed by atoms with Crippen molar-refractivity contribution in [1.82, 2.24) is 0 Å². The Kier molecular flexibility index (Phi) is 2.04. The zero-order valence-electron chi connectivity index (χ0n) is 9.04. The number of anilines is 1. The lowest BCUT2D eigenvalue weighted by Gasteiger charge is -2.19. The minimum atomic E-state index is -0.726. The van der Waals surface area contributed by atoms with E-state index in [0.717, 1.165) is 18.5 Å². The average molecular weight is 191 g/mol. The fraction of sp³-hybridized carbons (Fsp3) is 0.500. The second-order valence-corrected chi connectivity index (χ2v) is 4.57. The molecule has 1 N–H and O–H groups in total. The van der Waals surface area contributed by atoms with Gasteiger partial charge in [0.2, 0.25) is 0 Å². The zero-order valence-corrected chi connectivity index (χ0v) is 9.04. The van der Waals surface area contributed by atoms with Gasteiger partial charge in [0.15, 0.2) is 0 Å². The van der Waals surface area contributed by atoms with Crippen LogP contribution in [0.4, 0.5) is 5.69 Å². The van der Waals surface area contributed by atoms with Crippen molar-refractivity contribution in [3.8, 4) is 0 Å². The van der Waals surface area contributed by atoms with Crippen LogP contribution in [0.2, 0.25) is 0 Å². The van der Waals surface area contributed by atoms with E-state index in [1.54, 1.807) is 0 Å². The van der Waals surface area contributed by atoms with Crippen molar-refractivity contribution in [2.24, 2.45) is 0 Å². The molecule has 1 aliphatic rings. The molecule has 0 spiro atoms. The Morgan fingerprint density at radius 2 is 2.07 bits per heavy atom. The van der Waals surface area contributed by atoms with Crippen LogP contribution >= 0.6 is 0 Å². The highest BCUT2D eigenvalue weighted by molar-refractivity contribution is 5.58. The Morgan fingerprint density at radius 3 is 2.71 bits per heavy atom. The fourth-order valence-corrected chi connectivity index (χ4v) is 1.95. The molecule has 0 atom stereocenters. The molecule has 2 rings (SSSR count). The molecule has 0 aliphatic carbocycles. The standard InChI is InChI=1S/C12H17NO/c1-12(2,14)10-4-5-11-9(8-10)6-7-13(11)3/h4-5,8,14H,6-7H2,1-3H3. The number of hydrogen-bond acceptors (Lipinski definition) is 2. The number of fused-ring (bicyclic) bond motifs is 1. The normalized spacial score (nSPS) is 15.9. The third-order valence-corrected chi connectivity index (χ3v) is 2.91. The second kappa shape index (κ2) is 2.99. The van der Waals surface area contributed by atoms with Crippen molar-refractivity contribution in [2.45, 2.75) is 25.9 Å². The van der Waals surface area contributed by atoms with Crippen LogP contribution in [0.1, 0.15) is 25.0 Å². The highest BCUT2D eigenvalue weighted by Gasteiger charge is 2.21. The Morgan fingerprint density at radius 1 is 1.36 bits per heavy atom. The molecule has 1 heterocycles. The molecule has 1 aromatic carbocycles. The summed E-state index contributed by atoms with van der Waals surface area (Å²) in [5.74, 6) is 0. The van der Waals surface area contributed by atoms with Crippen molar-refractivity contribution < 1.29 is 5.11 Å². The minimum Gasteiger partial charge on any atom is -0.386 e. The largest absolute Gasteiger partial charge is 0.386 e. The molecule has 0 saturated heterocycles. The molecule has 0 fully saturated rings. The van der Waals surface area contributed by atoms with Gasteiger partial charge in [-0.1, -0.05) is 12.1 Å². The molecule has 0 aromatic heterocycles. The molecule has 2 heteroatoms. The van der Waals surface area contributed by atoms with Crippen LogP contribution in [0.25, 0.3) is 0 Å². The van der Waals surface area contributed by atoms with Gasteiger partial charge in [-0.25, -0.2) is 0 Å². The van der Waals surface area contributed by atoms with Crippen LogP contribution in [0, 0.1) is 0 Å². The van der Waals surface area contributed by atoms with Crippen molar-refractivity contribution in [2.75, 3.05) is 18.5 Å². The first-order chi connectivity index (χ1) is 6.48. The predicted octanol–water partition coefficient (Wildman–Crippen LogP) is 1.91. The molecule has 76 valence electrons. The molecule has 0 unspecified atom stereocenters. The number of nitrogens with zero attached hydrogens (tertiary/aromatic N) is 1. The monoisotopic (exact) mass is 191 g/mol. The van der Waals surface area contributed by atoms with E-state index in [2.05, 4.69) is 24.1 Å². The first kappa shape index (κ1) is 9.53. The van der Waals surface area contributed by atoms with Crippen molar-refractivity contribution in [3.63, 3.8) is 0 Å². The van der Waals surface area contributed by atoms with E-state index in [0.29, 0.717) is 0 Å². The van der Waals surface area contributed by atoms with E-state index >= 15 is 0 Å². The molecule has 0 bridgehead atoms. The molecule has 14 heavy (non-hydrogen) atoms. The van der Waals surface area contributed by atoms with Gasteiger partial charge in [-0.05, 0) is 37.5 Å². The van der Waals surface area contributed by atoms with Crippen molar-refractivity contribution in [1.29, 1.82) is 0 Å². The maximum absolute atomic E-state index is 9.87. The SMILES string of the molecule is CN1CCc2cc(C(C)(C)O)ccc21. The quantitative estimate of drug-likeness (QED) is 0.733. The Labute approximate surface area is 85.2 Å². The lowest BCUT2D eigenvalue weighted by atomic mass is 9.96. The molecule has 0 radical (unpaired) electrons. The van der Waals surface area contributed by atoms with Crippen molar-refractivity contribution >= 4 is 5.69 Å². The van der Waals surface area contributed by atoms with Gasteiger partial charge in [0.05, 0.1) is 5.60 Å². The summed E-state index contributed by atoms with van der Waals surface area (Å²) in [7, 11) is 2.11. The van der Waals surface area contributed by atoms with E-state index in [-0.39, 0.29) is 0 Å². The average Bonchev–Trinajstić information content (AvgIpc) is 2.46. The van der Waals surface area contributed by atoms with Gasteiger partial charge in [0.25, 0.3) is 0 Å². The molecule has 1 aliphatic heterocycles. The molecule has 1 aromatic rings. The molecule has 0 saturated carbocycles. The summed E-state index contributed by atoms with van der Waals surface area (Å²) in [4.78, 5) is 2.25. The first-order valence-electron chi connectivity index (χ1n) is 5.05. The summed E-state index contributed by atoms with van der Waals surface area (Å²) in [6, 6.07) is 6.25. The first-order valence-corrected chi connectivity index (χ1v) is 5.05. The Hall–Kier alpha value is -1.02. The Bertz CT molecular complexity index is 352. The lowest BCUT2D eigenvalue weighted by molar-refractivity contribution is 0.0785. The van der Waals surface area contributed by atoms with Gasteiger partial charge in [0.1, 0.15) is 0 Å². The minimum absolute atomic E-state index is 0.726. The van der Waals surface area contributed by atoms with Crippen LogP contribution in [-0.4, -0.2) is 18.7 Å². The summed E-state index contributed by atoms with van der Waals surface area (Å²) in [6.07, 6.45) is 1.09. The van der Waals surface area contributed by atoms with E-state index < -0.39 is 5.60 Å². The van der Waals surface area contributed by atoms with E-state index in [1.165, 1.54) is 11.3 Å². The molecular formula is C12H17NO. The smallest absolute Gasteiger partial charge is 0.0840 e. The van der Waals surface area contributed by atoms with Crippen LogP contribution in [0.5, 0.6) is 0 Å². The van der Waals surface area contributed by atoms with Crippen LogP contribution in [0.15, 0.2) is 18.2 Å². The van der Waals surface area contributed by atoms with Crippen LogP contribution in [-0.2, 0) is 12.0 Å². The van der Waals surface area contributed by atoms with E-state index in [4.69, 9.17) is 0 Å². The number of benzene rings is 1. The maximum Gasteiger partial charge on any atom is 0.0840 e. The Balaban J connectivity index is 2.42.